The Kier molecular flexibility index (Phi) is 6.15. The monoisotopic (exact) mass is 459 g/mol. The molecule has 0 bridgehead atoms. The first-order valence-corrected chi connectivity index (χ1v) is 11.6. The Morgan fingerprint density at radius 3 is 2.32 bits per heavy atom. The van der Waals surface area contributed by atoms with Crippen LogP contribution in [0.3, 0.4) is 0 Å². The Morgan fingerprint density at radius 2 is 1.76 bits per heavy atom. The first-order valence-electron chi connectivity index (χ1n) is 11.6. The van der Waals surface area contributed by atoms with Gasteiger partial charge in [-0.3, -0.25) is 4.98 Å². The molecule has 0 spiro atoms. The second kappa shape index (κ2) is 8.66. The van der Waals surface area contributed by atoms with Crippen LogP contribution in [-0.4, -0.2) is 45.4 Å². The SMILES string of the molecule is Cc1cc(C(C)(O)C#Cc2cncc(C(O)(c3ccc(C(C)C)cc3)C3(C)CN(C)C3)c2)on1. The van der Waals surface area contributed by atoms with Gasteiger partial charge in [-0.05, 0) is 44.0 Å². The Bertz CT molecular complexity index is 1230. The molecule has 0 saturated carbocycles. The molecular weight excluding hydrogens is 426 g/mol. The fourth-order valence-corrected chi connectivity index (χ4v) is 4.90. The highest BCUT2D eigenvalue weighted by Gasteiger charge is 2.55. The number of aryl methyl sites for hydroxylation is 1. The van der Waals surface area contributed by atoms with Crippen molar-refractivity contribution in [2.24, 2.45) is 5.41 Å². The summed E-state index contributed by atoms with van der Waals surface area (Å²) in [5.41, 5.74) is 0.885. The van der Waals surface area contributed by atoms with Crippen molar-refractivity contribution >= 4 is 0 Å². The van der Waals surface area contributed by atoms with Crippen LogP contribution in [0.4, 0.5) is 0 Å². The molecule has 2 N–H and O–H groups in total. The predicted octanol–water partition coefficient (Wildman–Crippen LogP) is 3.95. The number of aliphatic hydroxyl groups is 2. The van der Waals surface area contributed by atoms with Gasteiger partial charge in [0.25, 0.3) is 0 Å². The zero-order valence-electron chi connectivity index (χ0n) is 20.8. The molecule has 1 aliphatic rings. The third-order valence-electron chi connectivity index (χ3n) is 6.82. The molecule has 1 aromatic carbocycles. The number of rotatable bonds is 5. The van der Waals surface area contributed by atoms with E-state index in [4.69, 9.17) is 4.52 Å². The number of nitrogens with zero attached hydrogens (tertiary/aromatic N) is 3. The lowest BCUT2D eigenvalue weighted by atomic mass is 9.62. The van der Waals surface area contributed by atoms with E-state index >= 15 is 0 Å². The molecule has 1 aliphatic heterocycles. The molecule has 0 amide bonds. The van der Waals surface area contributed by atoms with Crippen molar-refractivity contribution in [3.8, 4) is 11.8 Å². The number of benzene rings is 1. The van der Waals surface area contributed by atoms with Gasteiger partial charge in [0.1, 0.15) is 5.60 Å². The number of hydrogen-bond acceptors (Lipinski definition) is 6. The van der Waals surface area contributed by atoms with Gasteiger partial charge in [0.05, 0.1) is 5.69 Å². The fourth-order valence-electron chi connectivity index (χ4n) is 4.90. The maximum Gasteiger partial charge on any atom is 0.183 e. The highest BCUT2D eigenvalue weighted by molar-refractivity contribution is 5.45. The molecule has 2 aromatic heterocycles. The molecule has 4 rings (SSSR count). The van der Waals surface area contributed by atoms with Gasteiger partial charge in [-0.25, -0.2) is 0 Å². The van der Waals surface area contributed by atoms with E-state index in [1.165, 1.54) is 5.56 Å². The Balaban J connectivity index is 1.75. The van der Waals surface area contributed by atoms with E-state index in [0.717, 1.165) is 18.7 Å². The van der Waals surface area contributed by atoms with Gasteiger partial charge in [-0.15, -0.1) is 0 Å². The summed E-state index contributed by atoms with van der Waals surface area (Å²) in [6.07, 6.45) is 3.35. The van der Waals surface area contributed by atoms with Crippen molar-refractivity contribution in [2.45, 2.75) is 51.7 Å². The van der Waals surface area contributed by atoms with Crippen LogP contribution in [-0.2, 0) is 11.2 Å². The van der Waals surface area contributed by atoms with E-state index < -0.39 is 16.6 Å². The fraction of sp³-hybridized carbons (Fsp3) is 0.429. The van der Waals surface area contributed by atoms with Gasteiger partial charge in [-0.2, -0.15) is 0 Å². The molecule has 6 nitrogen and oxygen atoms in total. The highest BCUT2D eigenvalue weighted by Crippen LogP contribution is 2.50. The number of hydrogen-bond donors (Lipinski definition) is 2. The minimum absolute atomic E-state index is 0.286. The Labute approximate surface area is 201 Å². The van der Waals surface area contributed by atoms with Gasteiger partial charge in [0, 0.05) is 48.1 Å². The maximum atomic E-state index is 12.3. The lowest BCUT2D eigenvalue weighted by Gasteiger charge is -2.55. The molecule has 0 radical (unpaired) electrons. The first-order chi connectivity index (χ1) is 15.9. The normalized spacial score (nSPS) is 19.0. The molecule has 34 heavy (non-hydrogen) atoms. The van der Waals surface area contributed by atoms with Gasteiger partial charge in [-0.1, -0.05) is 62.0 Å². The smallest absolute Gasteiger partial charge is 0.183 e. The molecule has 6 heteroatoms. The Hall–Kier alpha value is -2.98. The van der Waals surface area contributed by atoms with Crippen molar-refractivity contribution in [3.05, 3.63) is 82.5 Å². The van der Waals surface area contributed by atoms with E-state index in [-0.39, 0.29) is 5.76 Å². The molecule has 178 valence electrons. The largest absolute Gasteiger partial charge is 0.380 e. The average Bonchev–Trinajstić information content (AvgIpc) is 3.24. The lowest BCUT2D eigenvalue weighted by Crippen LogP contribution is -2.63. The zero-order chi connectivity index (χ0) is 24.7. The third-order valence-corrected chi connectivity index (χ3v) is 6.82. The van der Waals surface area contributed by atoms with Crippen LogP contribution in [0.15, 0.2) is 53.3 Å². The molecular formula is C28H33N3O3. The minimum atomic E-state index is -1.50. The second-order valence-corrected chi connectivity index (χ2v) is 10.3. The summed E-state index contributed by atoms with van der Waals surface area (Å²) in [5.74, 6) is 6.56. The van der Waals surface area contributed by atoms with Crippen LogP contribution >= 0.6 is 0 Å². The van der Waals surface area contributed by atoms with Crippen molar-refractivity contribution in [1.82, 2.24) is 15.0 Å². The first kappa shape index (κ1) is 24.2. The van der Waals surface area contributed by atoms with Crippen LogP contribution < -0.4 is 0 Å². The molecule has 2 atom stereocenters. The van der Waals surface area contributed by atoms with Gasteiger partial charge < -0.3 is 19.6 Å². The quantitative estimate of drug-likeness (QED) is 0.562. The molecule has 0 aliphatic carbocycles. The molecule has 1 fully saturated rings. The maximum absolute atomic E-state index is 12.3. The minimum Gasteiger partial charge on any atom is -0.380 e. The zero-order valence-corrected chi connectivity index (χ0v) is 20.8. The van der Waals surface area contributed by atoms with Crippen molar-refractivity contribution in [1.29, 1.82) is 0 Å². The van der Waals surface area contributed by atoms with Crippen LogP contribution in [0.25, 0.3) is 0 Å². The summed E-state index contributed by atoms with van der Waals surface area (Å²) in [7, 11) is 2.05. The van der Waals surface area contributed by atoms with Crippen LogP contribution in [0.5, 0.6) is 0 Å². The van der Waals surface area contributed by atoms with Gasteiger partial charge in [0.15, 0.2) is 11.4 Å². The van der Waals surface area contributed by atoms with Crippen LogP contribution in [0.2, 0.25) is 0 Å². The van der Waals surface area contributed by atoms with Crippen LogP contribution in [0.1, 0.15) is 67.3 Å². The summed E-state index contributed by atoms with van der Waals surface area (Å²) in [5, 5.41) is 26.9. The van der Waals surface area contributed by atoms with Gasteiger partial charge >= 0.3 is 0 Å². The van der Waals surface area contributed by atoms with Gasteiger partial charge in [0.2, 0.25) is 0 Å². The molecule has 2 unspecified atom stereocenters. The second-order valence-electron chi connectivity index (χ2n) is 10.3. The Morgan fingerprint density at radius 1 is 1.09 bits per heavy atom. The average molecular weight is 460 g/mol. The summed E-state index contributed by atoms with van der Waals surface area (Å²) in [4.78, 5) is 6.59. The highest BCUT2D eigenvalue weighted by atomic mass is 16.5. The van der Waals surface area contributed by atoms with E-state index in [1.54, 1.807) is 32.3 Å². The van der Waals surface area contributed by atoms with Crippen molar-refractivity contribution in [2.75, 3.05) is 20.1 Å². The predicted molar refractivity (Wildman–Crippen MR) is 131 cm³/mol. The van der Waals surface area contributed by atoms with E-state index in [1.807, 2.05) is 18.2 Å². The standard InChI is InChI=1S/C28H33N3O3/c1-19(2)22-7-9-23(10-8-22)28(33,26(4)17-31(6)18-26)24-14-21(15-29-16-24)11-12-27(5,32)25-13-20(3)30-34-25/h7-10,13-16,19,32-33H,17-18H2,1-6H3. The summed E-state index contributed by atoms with van der Waals surface area (Å²) in [6, 6.07) is 11.7. The third kappa shape index (κ3) is 4.27. The van der Waals surface area contributed by atoms with E-state index in [0.29, 0.717) is 22.7 Å². The molecule has 3 heterocycles. The number of aromatic nitrogens is 2. The summed E-state index contributed by atoms with van der Waals surface area (Å²) >= 11 is 0. The molecule has 1 saturated heterocycles. The lowest BCUT2D eigenvalue weighted by molar-refractivity contribution is -0.127. The van der Waals surface area contributed by atoms with Crippen molar-refractivity contribution < 1.29 is 14.7 Å². The summed E-state index contributed by atoms with van der Waals surface area (Å²) in [6.45, 7) is 11.3. The molecule has 3 aromatic rings. The van der Waals surface area contributed by atoms with Crippen molar-refractivity contribution in [3.63, 3.8) is 0 Å². The van der Waals surface area contributed by atoms with Crippen LogP contribution in [0, 0.1) is 24.2 Å². The summed E-state index contributed by atoms with van der Waals surface area (Å²) < 4.78 is 5.19. The number of pyridine rings is 1. The van der Waals surface area contributed by atoms with E-state index in [2.05, 4.69) is 66.8 Å². The number of likely N-dealkylation sites (tertiary alicyclic amines) is 1. The topological polar surface area (TPSA) is 82.6 Å². The van der Waals surface area contributed by atoms with E-state index in [9.17, 15) is 10.2 Å².